The third kappa shape index (κ3) is 4.74. The lowest BCUT2D eigenvalue weighted by Crippen LogP contribution is -2.44. The van der Waals surface area contributed by atoms with Gasteiger partial charge in [-0.25, -0.2) is 14.6 Å². The van der Waals surface area contributed by atoms with Gasteiger partial charge in [0, 0.05) is 50.9 Å². The minimum absolute atomic E-state index is 0.0758. The Morgan fingerprint density at radius 3 is 2.63 bits per heavy atom. The second-order valence-electron chi connectivity index (χ2n) is 7.57. The average Bonchev–Trinajstić information content (AvgIpc) is 3.31. The Bertz CT molecular complexity index is 1030. The predicted molar refractivity (Wildman–Crippen MR) is 114 cm³/mol. The van der Waals surface area contributed by atoms with Crippen LogP contribution in [0.2, 0.25) is 0 Å². The summed E-state index contributed by atoms with van der Waals surface area (Å²) in [7, 11) is 0. The van der Waals surface area contributed by atoms with Gasteiger partial charge < -0.3 is 20.0 Å². The number of carbonyl (C=O) groups is 1. The molecule has 1 amide bonds. The molecule has 30 heavy (non-hydrogen) atoms. The van der Waals surface area contributed by atoms with Gasteiger partial charge in [-0.3, -0.25) is 4.79 Å². The van der Waals surface area contributed by atoms with Crippen LogP contribution < -0.4 is 10.6 Å². The molecular formula is C21H27N7O2. The number of aromatic nitrogens is 4. The quantitative estimate of drug-likeness (QED) is 0.643. The fourth-order valence-electron chi connectivity index (χ4n) is 3.53. The first-order valence-electron chi connectivity index (χ1n) is 10.2. The molecule has 0 spiro atoms. The maximum Gasteiger partial charge on any atom is 0.226 e. The van der Waals surface area contributed by atoms with Crippen LogP contribution in [0.3, 0.4) is 0 Å². The Morgan fingerprint density at radius 2 is 1.97 bits per heavy atom. The molecule has 0 bridgehead atoms. The van der Waals surface area contributed by atoms with Crippen molar-refractivity contribution in [2.24, 2.45) is 0 Å². The molecule has 1 aliphatic heterocycles. The molecule has 1 saturated heterocycles. The number of nitrogens with zero attached hydrogens (tertiary/aromatic N) is 5. The van der Waals surface area contributed by atoms with E-state index in [0.29, 0.717) is 29.6 Å². The van der Waals surface area contributed by atoms with Gasteiger partial charge in [0.1, 0.15) is 11.6 Å². The van der Waals surface area contributed by atoms with Gasteiger partial charge >= 0.3 is 0 Å². The Morgan fingerprint density at radius 1 is 1.17 bits per heavy atom. The summed E-state index contributed by atoms with van der Waals surface area (Å²) in [6, 6.07) is 7.40. The molecule has 1 fully saturated rings. The molecule has 0 unspecified atom stereocenters. The standard InChI is InChI=1S/C21H27N7O2/c1-14-12-15(2)28(26-14)19-13-18(24-21(25-19)17-5-4-16(3)30-17)23-20(29)6-9-27-10-7-22-8-11-27/h4-5,12-13,22H,6-11H2,1-3H3,(H,23,24,25,29). The fraction of sp³-hybridized carbons (Fsp3) is 0.429. The highest BCUT2D eigenvalue weighted by molar-refractivity contribution is 5.90. The van der Waals surface area contributed by atoms with E-state index in [1.165, 1.54) is 0 Å². The highest BCUT2D eigenvalue weighted by Crippen LogP contribution is 2.22. The monoisotopic (exact) mass is 409 g/mol. The molecule has 0 radical (unpaired) electrons. The van der Waals surface area contributed by atoms with Crippen LogP contribution in [0.1, 0.15) is 23.6 Å². The van der Waals surface area contributed by atoms with E-state index < -0.39 is 0 Å². The number of hydrogen-bond donors (Lipinski definition) is 2. The molecule has 158 valence electrons. The van der Waals surface area contributed by atoms with Crippen LogP contribution in [0.4, 0.5) is 5.82 Å². The third-order valence-corrected chi connectivity index (χ3v) is 5.03. The van der Waals surface area contributed by atoms with E-state index in [1.807, 2.05) is 39.0 Å². The summed E-state index contributed by atoms with van der Waals surface area (Å²) < 4.78 is 7.45. The summed E-state index contributed by atoms with van der Waals surface area (Å²) in [5.74, 6) is 2.66. The SMILES string of the molecule is Cc1cc(C)n(-c2cc(NC(=O)CCN3CCNCC3)nc(-c3ccc(C)o3)n2)n1. The Balaban J connectivity index is 1.57. The number of anilines is 1. The third-order valence-electron chi connectivity index (χ3n) is 5.03. The van der Waals surface area contributed by atoms with E-state index in [9.17, 15) is 4.79 Å². The molecular weight excluding hydrogens is 382 g/mol. The largest absolute Gasteiger partial charge is 0.458 e. The smallest absolute Gasteiger partial charge is 0.226 e. The first-order valence-corrected chi connectivity index (χ1v) is 10.2. The Hall–Kier alpha value is -3.04. The lowest BCUT2D eigenvalue weighted by molar-refractivity contribution is -0.116. The van der Waals surface area contributed by atoms with Crippen molar-refractivity contribution in [3.05, 3.63) is 41.4 Å². The normalized spacial score (nSPS) is 14.8. The summed E-state index contributed by atoms with van der Waals surface area (Å²) >= 11 is 0. The molecule has 9 nitrogen and oxygen atoms in total. The van der Waals surface area contributed by atoms with E-state index in [1.54, 1.807) is 10.7 Å². The van der Waals surface area contributed by atoms with Crippen molar-refractivity contribution in [1.29, 1.82) is 0 Å². The van der Waals surface area contributed by atoms with Gasteiger partial charge in [-0.2, -0.15) is 5.10 Å². The zero-order valence-corrected chi connectivity index (χ0v) is 17.6. The average molecular weight is 409 g/mol. The maximum absolute atomic E-state index is 12.6. The molecule has 4 rings (SSSR count). The van der Waals surface area contributed by atoms with Crippen LogP contribution in [0.5, 0.6) is 0 Å². The van der Waals surface area contributed by atoms with Crippen molar-refractivity contribution in [1.82, 2.24) is 30.0 Å². The van der Waals surface area contributed by atoms with Crippen LogP contribution in [-0.4, -0.2) is 63.3 Å². The Labute approximate surface area is 175 Å². The molecule has 1 aliphatic rings. The predicted octanol–water partition coefficient (Wildman–Crippen LogP) is 2.08. The molecule has 3 aromatic rings. The summed E-state index contributed by atoms with van der Waals surface area (Å²) in [4.78, 5) is 24.0. The first-order chi connectivity index (χ1) is 14.5. The number of piperazine rings is 1. The number of rotatable bonds is 6. The molecule has 4 heterocycles. The van der Waals surface area contributed by atoms with Crippen molar-refractivity contribution < 1.29 is 9.21 Å². The lowest BCUT2D eigenvalue weighted by Gasteiger charge is -2.26. The Kier molecular flexibility index (Phi) is 5.91. The highest BCUT2D eigenvalue weighted by Gasteiger charge is 2.16. The van der Waals surface area contributed by atoms with E-state index >= 15 is 0 Å². The van der Waals surface area contributed by atoms with Crippen molar-refractivity contribution in [2.75, 3.05) is 38.0 Å². The second-order valence-corrected chi connectivity index (χ2v) is 7.57. The minimum Gasteiger partial charge on any atom is -0.458 e. The van der Waals surface area contributed by atoms with Gasteiger partial charge in [-0.1, -0.05) is 0 Å². The summed E-state index contributed by atoms with van der Waals surface area (Å²) in [6.07, 6.45) is 0.411. The molecule has 0 saturated carbocycles. The first kappa shape index (κ1) is 20.2. The van der Waals surface area contributed by atoms with E-state index in [2.05, 4.69) is 30.6 Å². The lowest BCUT2D eigenvalue weighted by atomic mass is 10.3. The van der Waals surface area contributed by atoms with E-state index in [4.69, 9.17) is 4.42 Å². The van der Waals surface area contributed by atoms with Gasteiger partial charge in [0.25, 0.3) is 0 Å². The van der Waals surface area contributed by atoms with Gasteiger partial charge in [-0.05, 0) is 39.0 Å². The van der Waals surface area contributed by atoms with Gasteiger partial charge in [0.2, 0.25) is 5.91 Å². The number of furan rings is 1. The fourth-order valence-corrected chi connectivity index (χ4v) is 3.53. The van der Waals surface area contributed by atoms with Crippen LogP contribution in [0, 0.1) is 20.8 Å². The van der Waals surface area contributed by atoms with Crippen molar-refractivity contribution in [3.8, 4) is 17.4 Å². The number of aryl methyl sites for hydroxylation is 3. The summed E-state index contributed by atoms with van der Waals surface area (Å²) in [5, 5.41) is 10.7. The zero-order chi connectivity index (χ0) is 21.1. The van der Waals surface area contributed by atoms with Gasteiger partial charge in [-0.15, -0.1) is 0 Å². The molecule has 2 N–H and O–H groups in total. The number of nitrogens with one attached hydrogen (secondary N) is 2. The minimum atomic E-state index is -0.0758. The van der Waals surface area contributed by atoms with Crippen LogP contribution in [0.25, 0.3) is 17.4 Å². The molecule has 0 aromatic carbocycles. The van der Waals surface area contributed by atoms with Crippen molar-refractivity contribution in [2.45, 2.75) is 27.2 Å². The van der Waals surface area contributed by atoms with Crippen LogP contribution >= 0.6 is 0 Å². The van der Waals surface area contributed by atoms with E-state index in [-0.39, 0.29) is 5.91 Å². The summed E-state index contributed by atoms with van der Waals surface area (Å²) in [5.41, 5.74) is 1.84. The second kappa shape index (κ2) is 8.76. The van der Waals surface area contributed by atoms with Crippen molar-refractivity contribution >= 4 is 11.7 Å². The van der Waals surface area contributed by atoms with Crippen LogP contribution in [-0.2, 0) is 4.79 Å². The zero-order valence-electron chi connectivity index (χ0n) is 17.6. The molecule has 3 aromatic heterocycles. The maximum atomic E-state index is 12.6. The number of hydrogen-bond acceptors (Lipinski definition) is 7. The highest BCUT2D eigenvalue weighted by atomic mass is 16.3. The molecule has 0 atom stereocenters. The van der Waals surface area contributed by atoms with Gasteiger partial charge in [0.15, 0.2) is 17.4 Å². The molecule has 9 heteroatoms. The van der Waals surface area contributed by atoms with E-state index in [0.717, 1.165) is 49.9 Å². The summed E-state index contributed by atoms with van der Waals surface area (Å²) in [6.45, 7) is 10.3. The number of carbonyl (C=O) groups excluding carboxylic acids is 1. The topological polar surface area (TPSA) is 101 Å². The van der Waals surface area contributed by atoms with Crippen LogP contribution in [0.15, 0.2) is 28.7 Å². The van der Waals surface area contributed by atoms with Crippen molar-refractivity contribution in [3.63, 3.8) is 0 Å². The van der Waals surface area contributed by atoms with Gasteiger partial charge in [0.05, 0.1) is 5.69 Å². The number of amides is 1. The molecule has 0 aliphatic carbocycles.